The average Bonchev–Trinajstić information content (AvgIpc) is 3.28. The standard InChI is InChI=1S/C20H13N3O5S/c21-9-13-3-1-12(2-4-13)7-17-19(25)23(20(26)29-17)10-18(24)22-14-5-6-15-16(8-14)28-11-27-15/h1-8H,10-11H2,(H,22,24)/b17-7+. The van der Waals surface area contributed by atoms with E-state index in [0.717, 1.165) is 16.7 Å². The van der Waals surface area contributed by atoms with Crippen molar-refractivity contribution in [2.24, 2.45) is 0 Å². The van der Waals surface area contributed by atoms with E-state index in [-0.39, 0.29) is 11.7 Å². The number of ether oxygens (including phenoxy) is 2. The normalized spacial score (nSPS) is 16.2. The van der Waals surface area contributed by atoms with Crippen molar-refractivity contribution in [2.45, 2.75) is 0 Å². The Balaban J connectivity index is 1.42. The molecule has 0 aromatic heterocycles. The second-order valence-electron chi connectivity index (χ2n) is 6.12. The summed E-state index contributed by atoms with van der Waals surface area (Å²) in [5.74, 6) is 0.0529. The van der Waals surface area contributed by atoms with Crippen LogP contribution in [0.5, 0.6) is 11.5 Å². The minimum atomic E-state index is -0.537. The molecule has 2 aromatic rings. The molecule has 0 radical (unpaired) electrons. The van der Waals surface area contributed by atoms with Gasteiger partial charge in [0.15, 0.2) is 11.5 Å². The molecule has 0 aliphatic carbocycles. The highest BCUT2D eigenvalue weighted by Crippen LogP contribution is 2.35. The highest BCUT2D eigenvalue weighted by atomic mass is 32.2. The molecule has 4 rings (SSSR count). The van der Waals surface area contributed by atoms with Gasteiger partial charge in [-0.1, -0.05) is 12.1 Å². The number of carbonyl (C=O) groups excluding carboxylic acids is 3. The molecule has 3 amide bonds. The summed E-state index contributed by atoms with van der Waals surface area (Å²) in [4.78, 5) is 38.1. The largest absolute Gasteiger partial charge is 0.454 e. The van der Waals surface area contributed by atoms with Gasteiger partial charge >= 0.3 is 0 Å². The number of nitrogens with zero attached hydrogens (tertiary/aromatic N) is 2. The molecule has 1 N–H and O–H groups in total. The van der Waals surface area contributed by atoms with E-state index in [0.29, 0.717) is 28.3 Å². The molecule has 2 aliphatic heterocycles. The number of hydrogen-bond donors (Lipinski definition) is 1. The van der Waals surface area contributed by atoms with Gasteiger partial charge in [0.05, 0.1) is 16.5 Å². The Bertz CT molecular complexity index is 1090. The molecule has 2 heterocycles. The van der Waals surface area contributed by atoms with Gasteiger partial charge in [0, 0.05) is 11.8 Å². The second kappa shape index (κ2) is 7.69. The second-order valence-corrected chi connectivity index (χ2v) is 7.11. The number of carbonyl (C=O) groups is 3. The van der Waals surface area contributed by atoms with Gasteiger partial charge in [0.2, 0.25) is 12.7 Å². The fourth-order valence-corrected chi connectivity index (χ4v) is 3.60. The third-order valence-corrected chi connectivity index (χ3v) is 5.08. The third-order valence-electron chi connectivity index (χ3n) is 4.17. The number of nitrogens with one attached hydrogen (secondary N) is 1. The van der Waals surface area contributed by atoms with Crippen LogP contribution in [0, 0.1) is 11.3 Å². The van der Waals surface area contributed by atoms with Gasteiger partial charge in [0.25, 0.3) is 11.1 Å². The quantitative estimate of drug-likeness (QED) is 0.776. The average molecular weight is 407 g/mol. The molecular formula is C20H13N3O5S. The van der Waals surface area contributed by atoms with Crippen LogP contribution >= 0.6 is 11.8 Å². The summed E-state index contributed by atoms with van der Waals surface area (Å²) in [7, 11) is 0. The Morgan fingerprint density at radius 1 is 1.17 bits per heavy atom. The molecular weight excluding hydrogens is 394 g/mol. The fourth-order valence-electron chi connectivity index (χ4n) is 2.76. The maximum absolute atomic E-state index is 12.5. The summed E-state index contributed by atoms with van der Waals surface area (Å²) in [6, 6.07) is 13.5. The van der Waals surface area contributed by atoms with Crippen LogP contribution in [0.15, 0.2) is 47.4 Å². The van der Waals surface area contributed by atoms with E-state index < -0.39 is 23.6 Å². The molecule has 144 valence electrons. The Morgan fingerprint density at radius 2 is 1.93 bits per heavy atom. The van der Waals surface area contributed by atoms with E-state index in [4.69, 9.17) is 14.7 Å². The monoisotopic (exact) mass is 407 g/mol. The number of fused-ring (bicyclic) bond motifs is 1. The highest BCUT2D eigenvalue weighted by molar-refractivity contribution is 8.18. The zero-order chi connectivity index (χ0) is 20.4. The van der Waals surface area contributed by atoms with Crippen molar-refractivity contribution < 1.29 is 23.9 Å². The first-order valence-corrected chi connectivity index (χ1v) is 9.30. The molecule has 29 heavy (non-hydrogen) atoms. The number of amides is 3. The van der Waals surface area contributed by atoms with Gasteiger partial charge in [-0.05, 0) is 47.7 Å². The van der Waals surface area contributed by atoms with E-state index in [1.807, 2.05) is 6.07 Å². The minimum absolute atomic E-state index is 0.120. The van der Waals surface area contributed by atoms with Gasteiger partial charge < -0.3 is 14.8 Å². The van der Waals surface area contributed by atoms with Crippen molar-refractivity contribution in [3.63, 3.8) is 0 Å². The van der Waals surface area contributed by atoms with Crippen LogP contribution in [0.2, 0.25) is 0 Å². The molecule has 0 saturated carbocycles. The fraction of sp³-hybridized carbons (Fsp3) is 0.100. The van der Waals surface area contributed by atoms with Crippen LogP contribution in [0.1, 0.15) is 11.1 Å². The number of imide groups is 1. The molecule has 1 fully saturated rings. The lowest BCUT2D eigenvalue weighted by Crippen LogP contribution is -2.36. The van der Waals surface area contributed by atoms with Gasteiger partial charge in [-0.2, -0.15) is 5.26 Å². The van der Waals surface area contributed by atoms with Crippen molar-refractivity contribution in [1.82, 2.24) is 4.90 Å². The van der Waals surface area contributed by atoms with Crippen molar-refractivity contribution in [3.8, 4) is 17.6 Å². The smallest absolute Gasteiger partial charge is 0.294 e. The molecule has 8 nitrogen and oxygen atoms in total. The summed E-state index contributed by atoms with van der Waals surface area (Å²) in [6.45, 7) is -0.279. The Kier molecular flexibility index (Phi) is 4.93. The van der Waals surface area contributed by atoms with Crippen LogP contribution in [0.3, 0.4) is 0 Å². The van der Waals surface area contributed by atoms with Gasteiger partial charge in [-0.3, -0.25) is 19.3 Å². The first-order chi connectivity index (χ1) is 14.0. The van der Waals surface area contributed by atoms with Crippen molar-refractivity contribution in [3.05, 3.63) is 58.5 Å². The molecule has 0 atom stereocenters. The number of rotatable bonds is 4. The Morgan fingerprint density at radius 3 is 2.69 bits per heavy atom. The van der Waals surface area contributed by atoms with E-state index in [1.165, 1.54) is 0 Å². The predicted octanol–water partition coefficient (Wildman–Crippen LogP) is 2.96. The van der Waals surface area contributed by atoms with E-state index in [9.17, 15) is 14.4 Å². The molecule has 0 unspecified atom stereocenters. The third kappa shape index (κ3) is 3.93. The number of thioether (sulfide) groups is 1. The minimum Gasteiger partial charge on any atom is -0.454 e. The molecule has 0 spiro atoms. The van der Waals surface area contributed by atoms with Gasteiger partial charge in [0.1, 0.15) is 6.54 Å². The highest BCUT2D eigenvalue weighted by Gasteiger charge is 2.36. The summed E-state index contributed by atoms with van der Waals surface area (Å²) in [5.41, 5.74) is 1.65. The number of nitriles is 1. The molecule has 2 aromatic carbocycles. The van der Waals surface area contributed by atoms with Crippen molar-refractivity contribution in [1.29, 1.82) is 5.26 Å². The first-order valence-electron chi connectivity index (χ1n) is 8.48. The molecule has 2 aliphatic rings. The van der Waals surface area contributed by atoms with Crippen LogP contribution in [-0.4, -0.2) is 35.3 Å². The van der Waals surface area contributed by atoms with Gasteiger partial charge in [-0.25, -0.2) is 0 Å². The van der Waals surface area contributed by atoms with Crippen molar-refractivity contribution in [2.75, 3.05) is 18.7 Å². The van der Waals surface area contributed by atoms with Crippen molar-refractivity contribution >= 4 is 40.6 Å². The van der Waals surface area contributed by atoms with Crippen LogP contribution in [0.4, 0.5) is 10.5 Å². The predicted molar refractivity (Wildman–Crippen MR) is 105 cm³/mol. The zero-order valence-electron chi connectivity index (χ0n) is 14.9. The van der Waals surface area contributed by atoms with Crippen LogP contribution in [0.25, 0.3) is 6.08 Å². The molecule has 1 saturated heterocycles. The van der Waals surface area contributed by atoms with E-state index in [1.54, 1.807) is 48.5 Å². The summed E-state index contributed by atoms with van der Waals surface area (Å²) >= 11 is 0.768. The molecule has 9 heteroatoms. The van der Waals surface area contributed by atoms with Gasteiger partial charge in [-0.15, -0.1) is 0 Å². The molecule has 0 bridgehead atoms. The lowest BCUT2D eigenvalue weighted by atomic mass is 10.1. The number of benzene rings is 2. The zero-order valence-corrected chi connectivity index (χ0v) is 15.7. The first kappa shape index (κ1) is 18.6. The Labute approximate surface area is 169 Å². The number of hydrogen-bond acceptors (Lipinski definition) is 7. The van der Waals surface area contributed by atoms with Crippen LogP contribution in [-0.2, 0) is 9.59 Å². The summed E-state index contributed by atoms with van der Waals surface area (Å²) < 4.78 is 10.5. The Hall–Kier alpha value is -3.77. The van der Waals surface area contributed by atoms with E-state index in [2.05, 4.69) is 5.32 Å². The maximum Gasteiger partial charge on any atom is 0.294 e. The van der Waals surface area contributed by atoms with E-state index >= 15 is 0 Å². The van der Waals surface area contributed by atoms with Crippen LogP contribution < -0.4 is 14.8 Å². The summed E-state index contributed by atoms with van der Waals surface area (Å²) in [5, 5.41) is 11.0. The summed E-state index contributed by atoms with van der Waals surface area (Å²) in [6.07, 6.45) is 1.56. The number of anilines is 1. The SMILES string of the molecule is N#Cc1ccc(/C=C2/SC(=O)N(CC(=O)Nc3ccc4c(c3)OCO4)C2=O)cc1. The lowest BCUT2D eigenvalue weighted by molar-refractivity contribution is -0.127. The maximum atomic E-state index is 12.5. The topological polar surface area (TPSA) is 109 Å². The lowest BCUT2D eigenvalue weighted by Gasteiger charge is -2.12.